The van der Waals surface area contributed by atoms with Gasteiger partial charge in [-0.2, -0.15) is 0 Å². The van der Waals surface area contributed by atoms with Crippen LogP contribution in [0.4, 0.5) is 5.82 Å². The van der Waals surface area contributed by atoms with Gasteiger partial charge in [0.2, 0.25) is 0 Å². The first-order valence-electron chi connectivity index (χ1n) is 9.71. The van der Waals surface area contributed by atoms with Crippen LogP contribution in [0.25, 0.3) is 11.4 Å². The smallest absolute Gasteiger partial charge is 0.270 e. The summed E-state index contributed by atoms with van der Waals surface area (Å²) in [5.41, 5.74) is 2.29. The Morgan fingerprint density at radius 2 is 1.68 bits per heavy atom. The summed E-state index contributed by atoms with van der Waals surface area (Å²) in [5, 5.41) is 6.33. The molecule has 0 aliphatic rings. The van der Waals surface area contributed by atoms with E-state index in [9.17, 15) is 4.79 Å². The molecule has 1 amide bonds. The molecule has 0 radical (unpaired) electrons. The molecule has 1 atom stereocenters. The first-order valence-corrected chi connectivity index (χ1v) is 9.71. The number of nitrogens with zero attached hydrogens (tertiary/aromatic N) is 2. The summed E-state index contributed by atoms with van der Waals surface area (Å²) in [7, 11) is 0. The van der Waals surface area contributed by atoms with E-state index >= 15 is 0 Å². The molecule has 5 heteroatoms. The van der Waals surface area contributed by atoms with Crippen LogP contribution in [0.1, 0.15) is 48.8 Å². The Labute approximate surface area is 166 Å². The first-order chi connectivity index (χ1) is 13.7. The predicted octanol–water partition coefficient (Wildman–Crippen LogP) is 4.85. The lowest BCUT2D eigenvalue weighted by Gasteiger charge is -2.15. The molecule has 5 nitrogen and oxygen atoms in total. The number of anilines is 1. The molecule has 1 heterocycles. The van der Waals surface area contributed by atoms with Crippen molar-refractivity contribution in [3.05, 3.63) is 78.0 Å². The van der Waals surface area contributed by atoms with E-state index in [2.05, 4.69) is 27.5 Å². The number of nitrogens with one attached hydrogen (secondary N) is 2. The Bertz CT molecular complexity index is 897. The fourth-order valence-electron chi connectivity index (χ4n) is 2.86. The lowest BCUT2D eigenvalue weighted by Crippen LogP contribution is -2.27. The molecule has 3 aromatic rings. The highest BCUT2D eigenvalue weighted by Gasteiger charge is 2.16. The zero-order valence-electron chi connectivity index (χ0n) is 16.4. The van der Waals surface area contributed by atoms with Gasteiger partial charge in [0.25, 0.3) is 5.91 Å². The van der Waals surface area contributed by atoms with Crippen molar-refractivity contribution >= 4 is 11.7 Å². The van der Waals surface area contributed by atoms with Crippen LogP contribution in [-0.4, -0.2) is 22.4 Å². The van der Waals surface area contributed by atoms with Crippen LogP contribution in [0.2, 0.25) is 0 Å². The van der Waals surface area contributed by atoms with Crippen molar-refractivity contribution in [2.45, 2.75) is 32.7 Å². The second kappa shape index (κ2) is 9.65. The maximum absolute atomic E-state index is 12.9. The number of unbranched alkanes of at least 4 members (excludes halogenated alkanes) is 1. The van der Waals surface area contributed by atoms with Crippen LogP contribution in [0.15, 0.2) is 66.7 Å². The summed E-state index contributed by atoms with van der Waals surface area (Å²) in [6, 6.07) is 21.2. The monoisotopic (exact) mass is 374 g/mol. The van der Waals surface area contributed by atoms with Gasteiger partial charge in [-0.3, -0.25) is 4.79 Å². The molecular weight excluding hydrogens is 348 g/mol. The van der Waals surface area contributed by atoms with Crippen LogP contribution in [0.3, 0.4) is 0 Å². The third-order valence-corrected chi connectivity index (χ3v) is 4.47. The van der Waals surface area contributed by atoms with E-state index in [1.807, 2.05) is 67.6 Å². The third kappa shape index (κ3) is 5.16. The average molecular weight is 374 g/mol. The zero-order chi connectivity index (χ0) is 19.8. The van der Waals surface area contributed by atoms with Gasteiger partial charge >= 0.3 is 0 Å². The Hall–Kier alpha value is -3.21. The van der Waals surface area contributed by atoms with Crippen molar-refractivity contribution in [2.24, 2.45) is 0 Å². The highest BCUT2D eigenvalue weighted by Crippen LogP contribution is 2.19. The molecule has 0 spiro atoms. The Kier molecular flexibility index (Phi) is 6.73. The van der Waals surface area contributed by atoms with E-state index in [-0.39, 0.29) is 11.9 Å². The highest BCUT2D eigenvalue weighted by molar-refractivity contribution is 5.93. The Morgan fingerprint density at radius 3 is 2.36 bits per heavy atom. The van der Waals surface area contributed by atoms with E-state index in [1.54, 1.807) is 6.07 Å². The molecule has 0 aliphatic carbocycles. The minimum Gasteiger partial charge on any atom is -0.370 e. The molecule has 0 bridgehead atoms. The lowest BCUT2D eigenvalue weighted by atomic mass is 10.1. The maximum Gasteiger partial charge on any atom is 0.270 e. The topological polar surface area (TPSA) is 66.9 Å². The number of carbonyl (C=O) groups excluding carboxylic acids is 1. The summed E-state index contributed by atoms with van der Waals surface area (Å²) in [6.07, 6.45) is 2.13. The van der Waals surface area contributed by atoms with Crippen LogP contribution >= 0.6 is 0 Å². The van der Waals surface area contributed by atoms with Crippen LogP contribution in [-0.2, 0) is 0 Å². The number of amides is 1. The number of benzene rings is 2. The van der Waals surface area contributed by atoms with Gasteiger partial charge in [0, 0.05) is 18.2 Å². The van der Waals surface area contributed by atoms with Crippen molar-refractivity contribution < 1.29 is 4.79 Å². The average Bonchev–Trinajstić information content (AvgIpc) is 2.75. The molecule has 1 aromatic heterocycles. The molecule has 2 aromatic carbocycles. The zero-order valence-corrected chi connectivity index (χ0v) is 16.4. The molecule has 0 aliphatic heterocycles. The molecular formula is C23H26N4O. The number of aromatic nitrogens is 2. The van der Waals surface area contributed by atoms with Crippen molar-refractivity contribution in [3.8, 4) is 11.4 Å². The van der Waals surface area contributed by atoms with E-state index in [4.69, 9.17) is 0 Å². The lowest BCUT2D eigenvalue weighted by molar-refractivity contribution is 0.0935. The van der Waals surface area contributed by atoms with Gasteiger partial charge in [0.15, 0.2) is 5.82 Å². The van der Waals surface area contributed by atoms with Gasteiger partial charge in [-0.15, -0.1) is 0 Å². The quantitative estimate of drug-likeness (QED) is 0.553. The van der Waals surface area contributed by atoms with Gasteiger partial charge in [-0.05, 0) is 18.9 Å². The molecule has 0 fully saturated rings. The van der Waals surface area contributed by atoms with Crippen LogP contribution in [0, 0.1) is 0 Å². The third-order valence-electron chi connectivity index (χ3n) is 4.47. The van der Waals surface area contributed by atoms with Crippen molar-refractivity contribution in [1.29, 1.82) is 0 Å². The summed E-state index contributed by atoms with van der Waals surface area (Å²) < 4.78 is 0. The molecule has 0 saturated heterocycles. The molecule has 28 heavy (non-hydrogen) atoms. The van der Waals surface area contributed by atoms with E-state index in [0.29, 0.717) is 17.3 Å². The van der Waals surface area contributed by atoms with Gasteiger partial charge in [-0.25, -0.2) is 9.97 Å². The van der Waals surface area contributed by atoms with E-state index in [0.717, 1.165) is 30.5 Å². The number of hydrogen-bond acceptors (Lipinski definition) is 4. The van der Waals surface area contributed by atoms with Crippen molar-refractivity contribution in [3.63, 3.8) is 0 Å². The predicted molar refractivity (Wildman–Crippen MR) is 113 cm³/mol. The normalized spacial score (nSPS) is 11.6. The van der Waals surface area contributed by atoms with E-state index in [1.165, 1.54) is 0 Å². The summed E-state index contributed by atoms with van der Waals surface area (Å²) in [6.45, 7) is 4.91. The molecule has 144 valence electrons. The van der Waals surface area contributed by atoms with Crippen molar-refractivity contribution in [2.75, 3.05) is 11.9 Å². The van der Waals surface area contributed by atoms with Gasteiger partial charge < -0.3 is 10.6 Å². The largest absolute Gasteiger partial charge is 0.370 e. The minimum atomic E-state index is -0.213. The summed E-state index contributed by atoms with van der Waals surface area (Å²) >= 11 is 0. The van der Waals surface area contributed by atoms with E-state index < -0.39 is 0 Å². The SMILES string of the molecule is CCCCNc1cc(C(=O)NC(C)c2ccccc2)nc(-c2ccccc2)n1. The number of rotatable bonds is 8. The van der Waals surface area contributed by atoms with Gasteiger partial charge in [-0.1, -0.05) is 74.0 Å². The highest BCUT2D eigenvalue weighted by atomic mass is 16.1. The second-order valence-electron chi connectivity index (χ2n) is 6.71. The fourth-order valence-corrected chi connectivity index (χ4v) is 2.86. The van der Waals surface area contributed by atoms with Gasteiger partial charge in [0.05, 0.1) is 6.04 Å². The maximum atomic E-state index is 12.9. The molecule has 2 N–H and O–H groups in total. The molecule has 3 rings (SSSR count). The first kappa shape index (κ1) is 19.5. The standard InChI is InChI=1S/C23H26N4O/c1-3-4-15-24-21-16-20(26-22(27-21)19-13-9-6-10-14-19)23(28)25-17(2)18-11-7-5-8-12-18/h5-14,16-17H,3-4,15H2,1-2H3,(H,25,28)(H,24,26,27). The minimum absolute atomic E-state index is 0.111. The Morgan fingerprint density at radius 1 is 1.00 bits per heavy atom. The number of hydrogen-bond donors (Lipinski definition) is 2. The number of carbonyl (C=O) groups is 1. The van der Waals surface area contributed by atoms with Gasteiger partial charge in [0.1, 0.15) is 11.5 Å². The van der Waals surface area contributed by atoms with Crippen LogP contribution in [0.5, 0.6) is 0 Å². The summed E-state index contributed by atoms with van der Waals surface area (Å²) in [4.78, 5) is 22.0. The Balaban J connectivity index is 1.85. The second-order valence-corrected chi connectivity index (χ2v) is 6.71. The van der Waals surface area contributed by atoms with Crippen molar-refractivity contribution in [1.82, 2.24) is 15.3 Å². The molecule has 0 saturated carbocycles. The fraction of sp³-hybridized carbons (Fsp3) is 0.261. The summed E-state index contributed by atoms with van der Waals surface area (Å²) in [5.74, 6) is 0.994. The molecule has 1 unspecified atom stereocenters. The van der Waals surface area contributed by atoms with Crippen LogP contribution < -0.4 is 10.6 Å².